The number of carbonyl (C=O) groups is 1. The SMILES string of the molecule is CCC(=O)c1cccc(CBr)c1SC(F)(F)F. The summed E-state index contributed by atoms with van der Waals surface area (Å²) in [6, 6.07) is 4.61. The van der Waals surface area contributed by atoms with E-state index in [-0.39, 0.29) is 39.8 Å². The highest BCUT2D eigenvalue weighted by Gasteiger charge is 2.32. The average molecular weight is 327 g/mol. The highest BCUT2D eigenvalue weighted by Crippen LogP contribution is 2.41. The van der Waals surface area contributed by atoms with Crippen molar-refractivity contribution in [2.75, 3.05) is 0 Å². The largest absolute Gasteiger partial charge is 0.446 e. The van der Waals surface area contributed by atoms with Crippen LogP contribution in [0.15, 0.2) is 23.1 Å². The number of carbonyl (C=O) groups excluding carboxylic acids is 1. The van der Waals surface area contributed by atoms with Crippen molar-refractivity contribution in [2.24, 2.45) is 0 Å². The van der Waals surface area contributed by atoms with Crippen LogP contribution in [0, 0.1) is 0 Å². The molecule has 94 valence electrons. The Hall–Kier alpha value is -0.490. The Morgan fingerprint density at radius 2 is 2.06 bits per heavy atom. The number of halogens is 4. The number of ketones is 1. The van der Waals surface area contributed by atoms with E-state index in [4.69, 9.17) is 0 Å². The van der Waals surface area contributed by atoms with Crippen LogP contribution in [0.5, 0.6) is 0 Å². The summed E-state index contributed by atoms with van der Waals surface area (Å²) in [7, 11) is 0. The van der Waals surface area contributed by atoms with Crippen molar-refractivity contribution < 1.29 is 18.0 Å². The van der Waals surface area contributed by atoms with Gasteiger partial charge < -0.3 is 0 Å². The van der Waals surface area contributed by atoms with Crippen LogP contribution >= 0.6 is 27.7 Å². The molecule has 0 aliphatic carbocycles. The Balaban J connectivity index is 3.25. The number of thioether (sulfide) groups is 1. The van der Waals surface area contributed by atoms with Crippen molar-refractivity contribution in [1.29, 1.82) is 0 Å². The van der Waals surface area contributed by atoms with E-state index in [1.807, 2.05) is 0 Å². The molecular formula is C11H10BrF3OS. The van der Waals surface area contributed by atoms with E-state index in [0.29, 0.717) is 5.56 Å². The Labute approximate surface area is 110 Å². The maximum atomic E-state index is 12.4. The number of hydrogen-bond acceptors (Lipinski definition) is 2. The topological polar surface area (TPSA) is 17.1 Å². The molecule has 0 bridgehead atoms. The minimum atomic E-state index is -4.39. The average Bonchev–Trinajstić information content (AvgIpc) is 2.26. The van der Waals surface area contributed by atoms with Crippen LogP contribution in [0.2, 0.25) is 0 Å². The number of rotatable bonds is 4. The monoisotopic (exact) mass is 326 g/mol. The summed E-state index contributed by atoms with van der Waals surface area (Å²) in [5.41, 5.74) is -3.76. The van der Waals surface area contributed by atoms with E-state index < -0.39 is 5.51 Å². The minimum Gasteiger partial charge on any atom is -0.294 e. The lowest BCUT2D eigenvalue weighted by Crippen LogP contribution is -2.06. The van der Waals surface area contributed by atoms with Gasteiger partial charge in [0.25, 0.3) is 0 Å². The molecule has 0 saturated carbocycles. The van der Waals surface area contributed by atoms with Crippen LogP contribution in [0.4, 0.5) is 13.2 Å². The summed E-state index contributed by atoms with van der Waals surface area (Å²) < 4.78 is 37.3. The van der Waals surface area contributed by atoms with E-state index in [2.05, 4.69) is 15.9 Å². The zero-order valence-electron chi connectivity index (χ0n) is 8.97. The molecule has 0 spiro atoms. The summed E-state index contributed by atoms with van der Waals surface area (Å²) in [5, 5.41) is 0.288. The molecule has 1 aromatic carbocycles. The van der Waals surface area contributed by atoms with Gasteiger partial charge in [0.1, 0.15) is 0 Å². The molecule has 0 saturated heterocycles. The molecule has 0 amide bonds. The normalized spacial score (nSPS) is 11.6. The predicted octanol–water partition coefficient (Wildman–Crippen LogP) is 4.79. The Bertz CT molecular complexity index is 418. The van der Waals surface area contributed by atoms with E-state index in [1.165, 1.54) is 6.07 Å². The predicted molar refractivity (Wildman–Crippen MR) is 65.6 cm³/mol. The van der Waals surface area contributed by atoms with Gasteiger partial charge in [0.05, 0.1) is 0 Å². The lowest BCUT2D eigenvalue weighted by atomic mass is 10.1. The fourth-order valence-electron chi connectivity index (χ4n) is 1.34. The molecule has 0 atom stereocenters. The van der Waals surface area contributed by atoms with Gasteiger partial charge in [0.2, 0.25) is 0 Å². The quantitative estimate of drug-likeness (QED) is 0.449. The van der Waals surface area contributed by atoms with Crippen molar-refractivity contribution >= 4 is 33.5 Å². The second-order valence-electron chi connectivity index (χ2n) is 3.25. The second-order valence-corrected chi connectivity index (χ2v) is 4.89. The maximum absolute atomic E-state index is 12.4. The Morgan fingerprint density at radius 1 is 1.41 bits per heavy atom. The molecule has 1 aromatic rings. The summed E-state index contributed by atoms with van der Waals surface area (Å²) in [6.45, 7) is 1.63. The van der Waals surface area contributed by atoms with E-state index in [1.54, 1.807) is 19.1 Å². The molecule has 0 aliphatic rings. The first-order chi connectivity index (χ1) is 7.89. The number of Topliss-reactive ketones (excluding diaryl/α,β-unsaturated/α-hetero) is 1. The first-order valence-corrected chi connectivity index (χ1v) is 6.79. The standard InChI is InChI=1S/C11H10BrF3OS/c1-2-9(16)8-5-3-4-7(6-12)10(8)17-11(13,14)15/h3-5H,2,6H2,1H3. The molecule has 1 nitrogen and oxygen atoms in total. The fourth-order valence-corrected chi connectivity index (χ4v) is 2.78. The summed E-state index contributed by atoms with van der Waals surface area (Å²) >= 11 is 2.90. The molecule has 0 radical (unpaired) electrons. The molecule has 17 heavy (non-hydrogen) atoms. The third-order valence-electron chi connectivity index (χ3n) is 2.08. The molecule has 0 fully saturated rings. The lowest BCUT2D eigenvalue weighted by molar-refractivity contribution is -0.0328. The van der Waals surface area contributed by atoms with Gasteiger partial charge in [-0.15, -0.1) is 0 Å². The first-order valence-electron chi connectivity index (χ1n) is 4.85. The molecule has 0 aromatic heterocycles. The smallest absolute Gasteiger partial charge is 0.294 e. The van der Waals surface area contributed by atoms with Gasteiger partial charge in [-0.1, -0.05) is 41.1 Å². The van der Waals surface area contributed by atoms with Crippen molar-refractivity contribution in [3.63, 3.8) is 0 Å². The number of alkyl halides is 4. The molecule has 0 N–H and O–H groups in total. The van der Waals surface area contributed by atoms with Gasteiger partial charge in [0.15, 0.2) is 5.78 Å². The molecular weight excluding hydrogens is 317 g/mol. The van der Waals surface area contributed by atoms with Gasteiger partial charge in [-0.05, 0) is 17.3 Å². The Kier molecular flexibility index (Phi) is 5.06. The number of benzene rings is 1. The van der Waals surface area contributed by atoms with Crippen LogP contribution in [0.1, 0.15) is 29.3 Å². The molecule has 1 rings (SSSR count). The van der Waals surface area contributed by atoms with Crippen molar-refractivity contribution in [3.8, 4) is 0 Å². The van der Waals surface area contributed by atoms with Gasteiger partial charge in [-0.3, -0.25) is 4.79 Å². The first kappa shape index (κ1) is 14.6. The van der Waals surface area contributed by atoms with E-state index in [0.717, 1.165) is 0 Å². The summed E-state index contributed by atoms with van der Waals surface area (Å²) in [4.78, 5) is 11.6. The van der Waals surface area contributed by atoms with Crippen molar-refractivity contribution in [3.05, 3.63) is 29.3 Å². The molecule has 0 aliphatic heterocycles. The van der Waals surface area contributed by atoms with Crippen LogP contribution < -0.4 is 0 Å². The Morgan fingerprint density at radius 3 is 2.53 bits per heavy atom. The summed E-state index contributed by atoms with van der Waals surface area (Å²) in [6.07, 6.45) is 0.192. The van der Waals surface area contributed by atoms with Gasteiger partial charge in [0, 0.05) is 22.2 Å². The second kappa shape index (κ2) is 5.91. The lowest BCUT2D eigenvalue weighted by Gasteiger charge is -2.13. The van der Waals surface area contributed by atoms with E-state index >= 15 is 0 Å². The maximum Gasteiger partial charge on any atom is 0.446 e. The van der Waals surface area contributed by atoms with Crippen LogP contribution in [-0.2, 0) is 5.33 Å². The van der Waals surface area contributed by atoms with Crippen LogP contribution in [-0.4, -0.2) is 11.3 Å². The zero-order chi connectivity index (χ0) is 13.1. The van der Waals surface area contributed by atoms with Gasteiger partial charge in [-0.25, -0.2) is 0 Å². The molecule has 6 heteroatoms. The fraction of sp³-hybridized carbons (Fsp3) is 0.364. The molecule has 0 unspecified atom stereocenters. The van der Waals surface area contributed by atoms with Crippen LogP contribution in [0.25, 0.3) is 0 Å². The minimum absolute atomic E-state index is 0.00345. The van der Waals surface area contributed by atoms with Crippen LogP contribution in [0.3, 0.4) is 0 Å². The van der Waals surface area contributed by atoms with Crippen molar-refractivity contribution in [1.82, 2.24) is 0 Å². The van der Waals surface area contributed by atoms with Crippen molar-refractivity contribution in [2.45, 2.75) is 29.1 Å². The van der Waals surface area contributed by atoms with Gasteiger partial charge >= 0.3 is 5.51 Å². The number of hydrogen-bond donors (Lipinski definition) is 0. The highest BCUT2D eigenvalue weighted by atomic mass is 79.9. The van der Waals surface area contributed by atoms with Gasteiger partial charge in [-0.2, -0.15) is 13.2 Å². The summed E-state index contributed by atoms with van der Waals surface area (Å²) in [5.74, 6) is -0.278. The zero-order valence-corrected chi connectivity index (χ0v) is 11.4. The van der Waals surface area contributed by atoms with E-state index in [9.17, 15) is 18.0 Å². The highest BCUT2D eigenvalue weighted by molar-refractivity contribution is 9.08. The third-order valence-corrected chi connectivity index (χ3v) is 3.60. The molecule has 0 heterocycles. The third kappa shape index (κ3) is 4.03.